The number of hydrogen-bond donors (Lipinski definition) is 2. The fourth-order valence-corrected chi connectivity index (χ4v) is 1.91. The van der Waals surface area contributed by atoms with Gasteiger partial charge in [-0.3, -0.25) is 0 Å². The molecule has 0 aliphatic carbocycles. The van der Waals surface area contributed by atoms with Crippen LogP contribution in [0.3, 0.4) is 0 Å². The van der Waals surface area contributed by atoms with Crippen molar-refractivity contribution in [1.82, 2.24) is 9.97 Å². The summed E-state index contributed by atoms with van der Waals surface area (Å²) in [5, 5.41) is 6.47. The van der Waals surface area contributed by atoms with Crippen LogP contribution in [-0.2, 0) is 6.42 Å². The van der Waals surface area contributed by atoms with Crippen molar-refractivity contribution in [3.8, 4) is 0 Å². The van der Waals surface area contributed by atoms with Gasteiger partial charge in [0.15, 0.2) is 0 Å². The monoisotopic (exact) mass is 242 g/mol. The van der Waals surface area contributed by atoms with Crippen molar-refractivity contribution in [3.05, 3.63) is 41.7 Å². The zero-order valence-corrected chi connectivity index (χ0v) is 11.0. The summed E-state index contributed by atoms with van der Waals surface area (Å²) in [6, 6.07) is 8.17. The number of benzene rings is 1. The number of rotatable bonds is 4. The van der Waals surface area contributed by atoms with Crippen molar-refractivity contribution in [3.63, 3.8) is 0 Å². The molecule has 0 atom stereocenters. The van der Waals surface area contributed by atoms with Gasteiger partial charge in [0.05, 0.1) is 0 Å². The van der Waals surface area contributed by atoms with E-state index < -0.39 is 0 Å². The van der Waals surface area contributed by atoms with Crippen molar-refractivity contribution >= 4 is 17.3 Å². The summed E-state index contributed by atoms with van der Waals surface area (Å²) in [6.07, 6.45) is 2.46. The highest BCUT2D eigenvalue weighted by Gasteiger charge is 2.09. The minimum atomic E-state index is 0.867. The lowest BCUT2D eigenvalue weighted by atomic mass is 10.1. The van der Waals surface area contributed by atoms with Gasteiger partial charge in [0.1, 0.15) is 18.0 Å². The van der Waals surface area contributed by atoms with E-state index in [9.17, 15) is 0 Å². The third kappa shape index (κ3) is 2.42. The fourth-order valence-electron chi connectivity index (χ4n) is 1.91. The van der Waals surface area contributed by atoms with Crippen LogP contribution in [0.4, 0.5) is 17.3 Å². The number of hydrogen-bond acceptors (Lipinski definition) is 4. The molecule has 2 N–H and O–H groups in total. The summed E-state index contributed by atoms with van der Waals surface area (Å²) < 4.78 is 0. The summed E-state index contributed by atoms with van der Waals surface area (Å²) in [5.74, 6) is 1.75. The molecule has 0 saturated carbocycles. The molecule has 0 bridgehead atoms. The molecule has 0 aliphatic rings. The van der Waals surface area contributed by atoms with E-state index in [-0.39, 0.29) is 0 Å². The van der Waals surface area contributed by atoms with Gasteiger partial charge in [-0.2, -0.15) is 0 Å². The predicted octanol–water partition coefficient (Wildman–Crippen LogP) is 3.13. The lowest BCUT2D eigenvalue weighted by Crippen LogP contribution is -2.05. The van der Waals surface area contributed by atoms with E-state index in [1.54, 1.807) is 6.33 Å². The Balaban J connectivity index is 2.37. The van der Waals surface area contributed by atoms with Gasteiger partial charge in [0.25, 0.3) is 0 Å². The normalized spacial score (nSPS) is 10.2. The highest BCUT2D eigenvalue weighted by Crippen LogP contribution is 2.25. The molecule has 0 unspecified atom stereocenters. The van der Waals surface area contributed by atoms with Gasteiger partial charge in [0.2, 0.25) is 0 Å². The number of nitrogens with zero attached hydrogens (tertiary/aromatic N) is 2. The minimum absolute atomic E-state index is 0.867. The summed E-state index contributed by atoms with van der Waals surface area (Å²) in [4.78, 5) is 8.56. The van der Waals surface area contributed by atoms with Gasteiger partial charge in [-0.25, -0.2) is 9.97 Å². The minimum Gasteiger partial charge on any atom is -0.373 e. The van der Waals surface area contributed by atoms with Crippen LogP contribution in [0, 0.1) is 6.92 Å². The molecule has 18 heavy (non-hydrogen) atoms. The summed E-state index contributed by atoms with van der Waals surface area (Å²) >= 11 is 0. The Hall–Kier alpha value is -2.10. The van der Waals surface area contributed by atoms with Crippen molar-refractivity contribution < 1.29 is 0 Å². The summed E-state index contributed by atoms with van der Waals surface area (Å²) in [5.41, 5.74) is 3.38. The molecule has 1 aromatic carbocycles. The average Bonchev–Trinajstić information content (AvgIpc) is 2.41. The smallest absolute Gasteiger partial charge is 0.139 e. The second-order valence-electron chi connectivity index (χ2n) is 4.09. The van der Waals surface area contributed by atoms with Crippen LogP contribution in [-0.4, -0.2) is 17.0 Å². The van der Waals surface area contributed by atoms with Crippen LogP contribution in [0.2, 0.25) is 0 Å². The molecular weight excluding hydrogens is 224 g/mol. The van der Waals surface area contributed by atoms with Gasteiger partial charge in [-0.1, -0.05) is 25.1 Å². The number of aryl methyl sites for hydroxylation is 1. The second kappa shape index (κ2) is 5.49. The second-order valence-corrected chi connectivity index (χ2v) is 4.09. The number of aromatic nitrogens is 2. The lowest BCUT2D eigenvalue weighted by molar-refractivity contribution is 1.05. The van der Waals surface area contributed by atoms with Crippen LogP contribution >= 0.6 is 0 Å². The highest BCUT2D eigenvalue weighted by atomic mass is 15.1. The van der Waals surface area contributed by atoms with Crippen LogP contribution in [0.25, 0.3) is 0 Å². The van der Waals surface area contributed by atoms with E-state index in [0.717, 1.165) is 29.3 Å². The maximum absolute atomic E-state index is 4.33. The molecule has 4 nitrogen and oxygen atoms in total. The third-order valence-corrected chi connectivity index (χ3v) is 2.93. The van der Waals surface area contributed by atoms with Crippen molar-refractivity contribution in [1.29, 1.82) is 0 Å². The first kappa shape index (κ1) is 12.4. The maximum Gasteiger partial charge on any atom is 0.139 e. The average molecular weight is 242 g/mol. The van der Waals surface area contributed by atoms with Gasteiger partial charge in [-0.05, 0) is 25.0 Å². The Morgan fingerprint density at radius 3 is 2.50 bits per heavy atom. The van der Waals surface area contributed by atoms with E-state index in [4.69, 9.17) is 0 Å². The Morgan fingerprint density at radius 2 is 1.83 bits per heavy atom. The van der Waals surface area contributed by atoms with Crippen LogP contribution in [0.1, 0.15) is 18.1 Å². The van der Waals surface area contributed by atoms with E-state index in [1.807, 2.05) is 19.2 Å². The standard InChI is InChI=1S/C14H18N4/c1-4-11-13(15-3)16-9-17-14(11)18-12-8-6-5-7-10(12)2/h5-9H,4H2,1-3H3,(H2,15,16,17,18). The first-order valence-electron chi connectivity index (χ1n) is 6.10. The SMILES string of the molecule is CCc1c(NC)ncnc1Nc1ccccc1C. The molecule has 2 rings (SSSR count). The zero-order valence-electron chi connectivity index (χ0n) is 11.0. The van der Waals surface area contributed by atoms with Gasteiger partial charge in [-0.15, -0.1) is 0 Å². The zero-order chi connectivity index (χ0) is 13.0. The topological polar surface area (TPSA) is 49.8 Å². The fraction of sp³-hybridized carbons (Fsp3) is 0.286. The molecule has 0 spiro atoms. The molecule has 1 aromatic heterocycles. The van der Waals surface area contributed by atoms with E-state index in [2.05, 4.69) is 46.6 Å². The molecule has 0 aliphatic heterocycles. The first-order chi connectivity index (χ1) is 8.76. The van der Waals surface area contributed by atoms with E-state index in [1.165, 1.54) is 5.56 Å². The number of para-hydroxylation sites is 1. The number of anilines is 3. The van der Waals surface area contributed by atoms with Crippen molar-refractivity contribution in [2.45, 2.75) is 20.3 Å². The van der Waals surface area contributed by atoms with Crippen LogP contribution < -0.4 is 10.6 Å². The Labute approximate surface area is 107 Å². The van der Waals surface area contributed by atoms with Gasteiger partial charge in [0, 0.05) is 18.3 Å². The van der Waals surface area contributed by atoms with Crippen molar-refractivity contribution in [2.75, 3.05) is 17.7 Å². The molecule has 1 heterocycles. The lowest BCUT2D eigenvalue weighted by Gasteiger charge is -2.14. The highest BCUT2D eigenvalue weighted by molar-refractivity contribution is 5.66. The Bertz CT molecular complexity index is 537. The van der Waals surface area contributed by atoms with Crippen LogP contribution in [0.5, 0.6) is 0 Å². The first-order valence-corrected chi connectivity index (χ1v) is 6.10. The maximum atomic E-state index is 4.33. The molecule has 0 fully saturated rings. The summed E-state index contributed by atoms with van der Waals surface area (Å²) in [6.45, 7) is 4.18. The molecule has 2 aromatic rings. The van der Waals surface area contributed by atoms with E-state index >= 15 is 0 Å². The predicted molar refractivity (Wildman–Crippen MR) is 75.4 cm³/mol. The molecule has 4 heteroatoms. The van der Waals surface area contributed by atoms with Gasteiger partial charge < -0.3 is 10.6 Å². The Kier molecular flexibility index (Phi) is 3.77. The molecule has 94 valence electrons. The van der Waals surface area contributed by atoms with Crippen LogP contribution in [0.15, 0.2) is 30.6 Å². The van der Waals surface area contributed by atoms with Crippen molar-refractivity contribution in [2.24, 2.45) is 0 Å². The summed E-state index contributed by atoms with van der Waals surface area (Å²) in [7, 11) is 1.87. The molecular formula is C14H18N4. The third-order valence-electron chi connectivity index (χ3n) is 2.93. The molecule has 0 saturated heterocycles. The largest absolute Gasteiger partial charge is 0.373 e. The quantitative estimate of drug-likeness (QED) is 0.864. The van der Waals surface area contributed by atoms with E-state index in [0.29, 0.717) is 0 Å². The number of nitrogens with one attached hydrogen (secondary N) is 2. The van der Waals surface area contributed by atoms with Gasteiger partial charge >= 0.3 is 0 Å². The Morgan fingerprint density at radius 1 is 1.11 bits per heavy atom. The molecule has 0 amide bonds. The molecule has 0 radical (unpaired) electrons.